The zero-order chi connectivity index (χ0) is 29.1. The van der Waals surface area contributed by atoms with Crippen LogP contribution in [0.25, 0.3) is 10.9 Å². The molecule has 0 spiro atoms. The zero-order valence-electron chi connectivity index (χ0n) is 21.5. The summed E-state index contributed by atoms with van der Waals surface area (Å²) in [6.07, 6.45) is 3.11. The van der Waals surface area contributed by atoms with E-state index >= 15 is 4.39 Å². The molecule has 0 amide bonds. The topological polar surface area (TPSA) is 91.4 Å². The van der Waals surface area contributed by atoms with Crippen molar-refractivity contribution < 1.29 is 17.6 Å². The quantitative estimate of drug-likeness (QED) is 0.173. The molecule has 0 saturated heterocycles. The van der Waals surface area contributed by atoms with E-state index in [0.717, 1.165) is 17.8 Å². The van der Waals surface area contributed by atoms with E-state index in [1.165, 1.54) is 24.4 Å². The van der Waals surface area contributed by atoms with Crippen LogP contribution >= 0.6 is 11.6 Å². The van der Waals surface area contributed by atoms with Gasteiger partial charge in [-0.2, -0.15) is 18.7 Å². The van der Waals surface area contributed by atoms with Gasteiger partial charge in [0.2, 0.25) is 0 Å². The van der Waals surface area contributed by atoms with Crippen molar-refractivity contribution in [3.05, 3.63) is 112 Å². The maximum absolute atomic E-state index is 15.0. The number of benzene rings is 3. The first kappa shape index (κ1) is 27.9. The largest absolute Gasteiger partial charge is 0.377 e. The van der Waals surface area contributed by atoms with Crippen LogP contribution in [0.2, 0.25) is 5.02 Å². The van der Waals surface area contributed by atoms with Crippen LogP contribution in [0.5, 0.6) is 0 Å². The molecule has 2 atom stereocenters. The molecule has 0 aliphatic carbocycles. The van der Waals surface area contributed by atoms with Crippen LogP contribution in [0.4, 0.5) is 28.9 Å². The Kier molecular flexibility index (Phi) is 8.03. The van der Waals surface area contributed by atoms with Crippen molar-refractivity contribution in [1.29, 1.82) is 5.26 Å². The number of aromatic nitrogens is 4. The van der Waals surface area contributed by atoms with Crippen molar-refractivity contribution in [2.45, 2.75) is 32.0 Å². The highest BCUT2D eigenvalue weighted by Gasteiger charge is 2.28. The summed E-state index contributed by atoms with van der Waals surface area (Å²) in [4.78, 5) is 4.45. The lowest BCUT2D eigenvalue weighted by atomic mass is 10.0. The Hall–Kier alpha value is -4.69. The molecule has 0 radical (unpaired) electrons. The Morgan fingerprint density at radius 3 is 2.51 bits per heavy atom. The van der Waals surface area contributed by atoms with Gasteiger partial charge in [-0.15, -0.1) is 5.10 Å². The van der Waals surface area contributed by atoms with Gasteiger partial charge in [-0.1, -0.05) is 66.2 Å². The van der Waals surface area contributed by atoms with Gasteiger partial charge in [0.05, 0.1) is 46.4 Å². The van der Waals surface area contributed by atoms with E-state index in [1.54, 1.807) is 6.07 Å². The van der Waals surface area contributed by atoms with E-state index in [9.17, 15) is 18.4 Å². The predicted octanol–water partition coefficient (Wildman–Crippen LogP) is 7.79. The molecule has 3 aromatic carbocycles. The molecule has 0 fully saturated rings. The number of nitrogens with one attached hydrogen (secondary N) is 2. The molecule has 5 rings (SSSR count). The normalized spacial score (nSPS) is 12.7. The standard InChI is InChI=1S/C29H22ClF4N7/c1-2-22(16-7-4-3-5-8-16)38-26-17(13-35)14-36-27-20(26)11-18(30)12-23(27)39-28(19-9-6-10-21(31)25(19)32)24-15-37-40-41(24)29(33)34/h3-12,14-15,22,28-29,39H,2H2,1H3,(H,36,38)/t22-,28+/m1/s1. The third-order valence-corrected chi connectivity index (χ3v) is 6.88. The number of alkyl halides is 2. The summed E-state index contributed by atoms with van der Waals surface area (Å²) >= 11 is 6.51. The Morgan fingerprint density at radius 2 is 1.80 bits per heavy atom. The van der Waals surface area contributed by atoms with Gasteiger partial charge in [-0.3, -0.25) is 4.98 Å². The Bertz CT molecular complexity index is 1740. The number of hydrogen-bond acceptors (Lipinski definition) is 6. The molecule has 41 heavy (non-hydrogen) atoms. The van der Waals surface area contributed by atoms with Crippen molar-refractivity contribution in [3.63, 3.8) is 0 Å². The fourth-order valence-electron chi connectivity index (χ4n) is 4.72. The first-order chi connectivity index (χ1) is 19.8. The molecule has 0 unspecified atom stereocenters. The van der Waals surface area contributed by atoms with Gasteiger partial charge in [-0.25, -0.2) is 8.78 Å². The highest BCUT2D eigenvalue weighted by atomic mass is 35.5. The predicted molar refractivity (Wildman–Crippen MR) is 148 cm³/mol. The van der Waals surface area contributed by atoms with Crippen LogP contribution in [-0.4, -0.2) is 20.0 Å². The number of pyridine rings is 1. The Morgan fingerprint density at radius 1 is 1.02 bits per heavy atom. The van der Waals surface area contributed by atoms with Gasteiger partial charge in [0.1, 0.15) is 6.07 Å². The Balaban J connectivity index is 1.67. The number of nitriles is 1. The van der Waals surface area contributed by atoms with Gasteiger partial charge in [0, 0.05) is 22.2 Å². The van der Waals surface area contributed by atoms with Gasteiger partial charge < -0.3 is 10.6 Å². The van der Waals surface area contributed by atoms with E-state index in [1.807, 2.05) is 37.3 Å². The van der Waals surface area contributed by atoms with Crippen LogP contribution < -0.4 is 10.6 Å². The monoisotopic (exact) mass is 579 g/mol. The van der Waals surface area contributed by atoms with Gasteiger partial charge in [0.25, 0.3) is 0 Å². The van der Waals surface area contributed by atoms with Crippen molar-refractivity contribution in [2.75, 3.05) is 10.6 Å². The molecule has 0 saturated carbocycles. The lowest BCUT2D eigenvalue weighted by Gasteiger charge is -2.24. The van der Waals surface area contributed by atoms with Gasteiger partial charge in [0.15, 0.2) is 11.6 Å². The summed E-state index contributed by atoms with van der Waals surface area (Å²) in [6.45, 7) is -1.10. The minimum atomic E-state index is -3.10. The second-order valence-corrected chi connectivity index (χ2v) is 9.56. The van der Waals surface area contributed by atoms with Crippen LogP contribution in [-0.2, 0) is 0 Å². The minimum absolute atomic E-state index is 0.162. The molecule has 2 aromatic heterocycles. The number of anilines is 2. The maximum Gasteiger partial charge on any atom is 0.334 e. The molecular weight excluding hydrogens is 558 g/mol. The molecule has 2 N–H and O–H groups in total. The number of rotatable bonds is 9. The smallest absolute Gasteiger partial charge is 0.334 e. The SMILES string of the molecule is CC[C@@H](Nc1c(C#N)cnc2c(N[C@@H](c3cccc(F)c3F)c3cnnn3C(F)F)cc(Cl)cc12)c1ccccc1. The van der Waals surface area contributed by atoms with Crippen LogP contribution in [0.1, 0.15) is 54.4 Å². The number of halogens is 5. The first-order valence-electron chi connectivity index (χ1n) is 12.5. The van der Waals surface area contributed by atoms with Crippen LogP contribution in [0, 0.1) is 23.0 Å². The van der Waals surface area contributed by atoms with Gasteiger partial charge >= 0.3 is 6.55 Å². The summed E-state index contributed by atoms with van der Waals surface area (Å²) < 4.78 is 57.2. The van der Waals surface area contributed by atoms with Crippen LogP contribution in [0.15, 0.2) is 73.1 Å². The fraction of sp³-hybridized carbons (Fsp3) is 0.172. The third kappa shape index (κ3) is 5.51. The summed E-state index contributed by atoms with van der Waals surface area (Å²) in [5, 5.41) is 24.0. The molecule has 2 heterocycles. The molecule has 0 aliphatic heterocycles. The maximum atomic E-state index is 15.0. The highest BCUT2D eigenvalue weighted by molar-refractivity contribution is 6.32. The van der Waals surface area contributed by atoms with Crippen molar-refractivity contribution >= 4 is 33.9 Å². The zero-order valence-corrected chi connectivity index (χ0v) is 22.2. The molecule has 0 aliphatic rings. The van der Waals surface area contributed by atoms with E-state index in [2.05, 4.69) is 32.0 Å². The summed E-state index contributed by atoms with van der Waals surface area (Å²) in [5.74, 6) is -2.38. The second kappa shape index (κ2) is 11.8. The van der Waals surface area contributed by atoms with Crippen molar-refractivity contribution in [3.8, 4) is 6.07 Å². The number of fused-ring (bicyclic) bond motifs is 1. The Labute approximate surface area is 237 Å². The van der Waals surface area contributed by atoms with Crippen molar-refractivity contribution in [1.82, 2.24) is 20.0 Å². The lowest BCUT2D eigenvalue weighted by molar-refractivity contribution is 0.0511. The van der Waals surface area contributed by atoms with Crippen molar-refractivity contribution in [2.24, 2.45) is 0 Å². The van der Waals surface area contributed by atoms with E-state index in [4.69, 9.17) is 11.6 Å². The van der Waals surface area contributed by atoms with E-state index in [-0.39, 0.29) is 33.6 Å². The van der Waals surface area contributed by atoms with E-state index in [0.29, 0.717) is 27.7 Å². The number of nitrogens with zero attached hydrogens (tertiary/aromatic N) is 5. The fourth-order valence-corrected chi connectivity index (χ4v) is 4.94. The lowest BCUT2D eigenvalue weighted by Crippen LogP contribution is -2.20. The van der Waals surface area contributed by atoms with Gasteiger partial charge in [-0.05, 0) is 30.2 Å². The third-order valence-electron chi connectivity index (χ3n) is 6.66. The molecule has 7 nitrogen and oxygen atoms in total. The molecule has 0 bridgehead atoms. The summed E-state index contributed by atoms with van der Waals surface area (Å²) in [7, 11) is 0. The number of hydrogen-bond donors (Lipinski definition) is 2. The summed E-state index contributed by atoms with van der Waals surface area (Å²) in [5.41, 5.74) is 1.78. The minimum Gasteiger partial charge on any atom is -0.377 e. The highest BCUT2D eigenvalue weighted by Crippen LogP contribution is 2.39. The average Bonchev–Trinajstić information content (AvgIpc) is 3.47. The second-order valence-electron chi connectivity index (χ2n) is 9.13. The van der Waals surface area contributed by atoms with E-state index < -0.39 is 24.2 Å². The molecule has 5 aromatic rings. The molecule has 12 heteroatoms. The van der Waals surface area contributed by atoms with Crippen LogP contribution in [0.3, 0.4) is 0 Å². The molecular formula is C29H22ClF4N7. The average molecular weight is 580 g/mol. The molecule has 208 valence electrons. The first-order valence-corrected chi connectivity index (χ1v) is 12.9. The summed E-state index contributed by atoms with van der Waals surface area (Å²) in [6, 6.07) is 16.9.